The molecule has 4 aliphatic rings. The van der Waals surface area contributed by atoms with E-state index in [1.54, 1.807) is 0 Å². The minimum Gasteiger partial charge on any atom is -0.507 e. The number of hydrogen-bond donors (Lipinski definition) is 2. The van der Waals surface area contributed by atoms with E-state index in [1.165, 1.54) is 0 Å². The van der Waals surface area contributed by atoms with Crippen LogP contribution in [0, 0.1) is 22.7 Å². The lowest BCUT2D eigenvalue weighted by Gasteiger charge is -2.61. The predicted octanol–water partition coefficient (Wildman–Crippen LogP) is 2.84. The maximum atomic E-state index is 13.1. The van der Waals surface area contributed by atoms with Crippen molar-refractivity contribution in [1.29, 1.82) is 0 Å². The van der Waals surface area contributed by atoms with Gasteiger partial charge in [-0.25, -0.2) is 0 Å². The number of Topliss-reactive ketones (excluding diaryl/α,β-unsaturated/α-hetero) is 2. The standard InChI is InChI=1S/C20H26O5/c1-10(2)13-15(21)11-5-6-12-19(3)7-4-8-20(12,18(24)25-9-19)14(11)17(23)16(13)22/h10,12,18,21,24H,4-9H2,1-3H3. The summed E-state index contributed by atoms with van der Waals surface area (Å²) in [6.07, 6.45) is 2.78. The van der Waals surface area contributed by atoms with Crippen molar-refractivity contribution in [2.45, 2.75) is 59.2 Å². The summed E-state index contributed by atoms with van der Waals surface area (Å²) < 4.78 is 5.71. The van der Waals surface area contributed by atoms with Gasteiger partial charge in [0.25, 0.3) is 0 Å². The first-order valence-corrected chi connectivity index (χ1v) is 9.30. The van der Waals surface area contributed by atoms with Gasteiger partial charge >= 0.3 is 0 Å². The lowest BCUT2D eigenvalue weighted by Crippen LogP contribution is -2.62. The molecule has 2 fully saturated rings. The molecule has 25 heavy (non-hydrogen) atoms. The van der Waals surface area contributed by atoms with Crippen LogP contribution in [-0.4, -0.2) is 34.7 Å². The molecule has 0 amide bonds. The van der Waals surface area contributed by atoms with Gasteiger partial charge in [0.05, 0.1) is 12.0 Å². The fourth-order valence-corrected chi connectivity index (χ4v) is 5.99. The van der Waals surface area contributed by atoms with Crippen molar-refractivity contribution in [1.82, 2.24) is 0 Å². The molecule has 1 heterocycles. The molecule has 0 aromatic carbocycles. The normalized spacial score (nSPS) is 41.2. The van der Waals surface area contributed by atoms with E-state index in [-0.39, 0.29) is 28.6 Å². The van der Waals surface area contributed by atoms with Crippen LogP contribution in [-0.2, 0) is 14.3 Å². The van der Waals surface area contributed by atoms with Gasteiger partial charge in [0.1, 0.15) is 5.76 Å². The molecule has 0 aromatic rings. The SMILES string of the molecule is CC(C)C1=C(O)C2=C(C(=O)C1=O)C13CCCC(C)(COC1O)C3CC2. The van der Waals surface area contributed by atoms with E-state index in [1.807, 2.05) is 13.8 Å². The molecular formula is C20H26O5. The molecule has 3 aliphatic carbocycles. The summed E-state index contributed by atoms with van der Waals surface area (Å²) in [5.41, 5.74) is 0.162. The van der Waals surface area contributed by atoms with Crippen molar-refractivity contribution >= 4 is 11.6 Å². The largest absolute Gasteiger partial charge is 0.507 e. The molecule has 5 heteroatoms. The zero-order chi connectivity index (χ0) is 18.1. The average molecular weight is 346 g/mol. The fourth-order valence-electron chi connectivity index (χ4n) is 5.99. The Morgan fingerprint density at radius 1 is 1.20 bits per heavy atom. The third kappa shape index (κ3) is 1.97. The molecule has 0 spiro atoms. The minimum absolute atomic E-state index is 0.0347. The molecule has 4 atom stereocenters. The second-order valence-corrected chi connectivity index (χ2v) is 8.73. The van der Waals surface area contributed by atoms with Crippen LogP contribution in [0.25, 0.3) is 0 Å². The van der Waals surface area contributed by atoms with Gasteiger partial charge in [-0.2, -0.15) is 0 Å². The lowest BCUT2D eigenvalue weighted by atomic mass is 9.46. The van der Waals surface area contributed by atoms with Crippen LogP contribution in [0.5, 0.6) is 0 Å². The molecule has 0 radical (unpaired) electrons. The Kier molecular flexibility index (Phi) is 3.58. The Hall–Kier alpha value is -1.46. The minimum atomic E-state index is -1.10. The predicted molar refractivity (Wildman–Crippen MR) is 90.6 cm³/mol. The van der Waals surface area contributed by atoms with Crippen molar-refractivity contribution in [3.8, 4) is 0 Å². The highest BCUT2D eigenvalue weighted by molar-refractivity contribution is 6.50. The van der Waals surface area contributed by atoms with Gasteiger partial charge in [-0.1, -0.05) is 27.2 Å². The van der Waals surface area contributed by atoms with E-state index in [2.05, 4.69) is 6.92 Å². The van der Waals surface area contributed by atoms with Gasteiger partial charge in [-0.05, 0) is 42.9 Å². The molecule has 2 bridgehead atoms. The Morgan fingerprint density at radius 2 is 1.92 bits per heavy atom. The van der Waals surface area contributed by atoms with E-state index >= 15 is 0 Å². The number of hydrogen-bond acceptors (Lipinski definition) is 5. The molecule has 0 aromatic heterocycles. The first kappa shape index (κ1) is 17.0. The van der Waals surface area contributed by atoms with Gasteiger partial charge in [0.15, 0.2) is 6.29 Å². The Labute approximate surface area is 147 Å². The summed E-state index contributed by atoms with van der Waals surface area (Å²) >= 11 is 0. The summed E-state index contributed by atoms with van der Waals surface area (Å²) in [7, 11) is 0. The highest BCUT2D eigenvalue weighted by atomic mass is 16.6. The van der Waals surface area contributed by atoms with Crippen LogP contribution in [0.1, 0.15) is 52.9 Å². The maximum Gasteiger partial charge on any atom is 0.233 e. The molecule has 4 unspecified atom stereocenters. The topological polar surface area (TPSA) is 83.8 Å². The van der Waals surface area contributed by atoms with Crippen LogP contribution in [0.15, 0.2) is 22.5 Å². The lowest BCUT2D eigenvalue weighted by molar-refractivity contribution is -0.274. The van der Waals surface area contributed by atoms with Crippen molar-refractivity contribution < 1.29 is 24.5 Å². The van der Waals surface area contributed by atoms with Crippen molar-refractivity contribution in [2.24, 2.45) is 22.7 Å². The Morgan fingerprint density at radius 3 is 2.60 bits per heavy atom. The van der Waals surface area contributed by atoms with E-state index < -0.39 is 23.3 Å². The third-order valence-corrected chi connectivity index (χ3v) is 7.06. The molecule has 136 valence electrons. The van der Waals surface area contributed by atoms with Crippen LogP contribution in [0.4, 0.5) is 0 Å². The number of allylic oxidation sites excluding steroid dienone is 2. The summed E-state index contributed by atoms with van der Waals surface area (Å²) in [6, 6.07) is 0. The number of carbonyl (C=O) groups excluding carboxylic acids is 2. The summed E-state index contributed by atoms with van der Waals surface area (Å²) in [5, 5.41) is 21.6. The maximum absolute atomic E-state index is 13.1. The van der Waals surface area contributed by atoms with Crippen molar-refractivity contribution in [2.75, 3.05) is 6.61 Å². The fraction of sp³-hybridized carbons (Fsp3) is 0.700. The Bertz CT molecular complexity index is 730. The van der Waals surface area contributed by atoms with Gasteiger partial charge in [-0.3, -0.25) is 9.59 Å². The number of ketones is 2. The Balaban J connectivity index is 1.97. The number of carbonyl (C=O) groups is 2. The molecule has 1 saturated heterocycles. The first-order valence-electron chi connectivity index (χ1n) is 9.30. The third-order valence-electron chi connectivity index (χ3n) is 7.06. The number of aliphatic hydroxyl groups is 2. The van der Waals surface area contributed by atoms with E-state index in [9.17, 15) is 19.8 Å². The van der Waals surface area contributed by atoms with Crippen LogP contribution < -0.4 is 0 Å². The molecule has 5 nitrogen and oxygen atoms in total. The number of ether oxygens (including phenoxy) is 1. The molecular weight excluding hydrogens is 320 g/mol. The first-order chi connectivity index (χ1) is 11.7. The smallest absolute Gasteiger partial charge is 0.233 e. The molecule has 2 N–H and O–H groups in total. The second-order valence-electron chi connectivity index (χ2n) is 8.73. The molecule has 1 saturated carbocycles. The zero-order valence-electron chi connectivity index (χ0n) is 15.1. The molecule has 4 rings (SSSR count). The molecule has 1 aliphatic heterocycles. The highest BCUT2D eigenvalue weighted by Crippen LogP contribution is 2.65. The van der Waals surface area contributed by atoms with Gasteiger partial charge in [-0.15, -0.1) is 0 Å². The van der Waals surface area contributed by atoms with Crippen LogP contribution >= 0.6 is 0 Å². The quantitative estimate of drug-likeness (QED) is 0.563. The van der Waals surface area contributed by atoms with E-state index in [0.717, 1.165) is 19.3 Å². The van der Waals surface area contributed by atoms with Crippen molar-refractivity contribution in [3.05, 3.63) is 22.5 Å². The monoisotopic (exact) mass is 346 g/mol. The summed E-state index contributed by atoms with van der Waals surface area (Å²) in [6.45, 7) is 6.25. The number of rotatable bonds is 1. The van der Waals surface area contributed by atoms with E-state index in [0.29, 0.717) is 30.6 Å². The van der Waals surface area contributed by atoms with Crippen LogP contribution in [0.2, 0.25) is 0 Å². The van der Waals surface area contributed by atoms with Crippen LogP contribution in [0.3, 0.4) is 0 Å². The van der Waals surface area contributed by atoms with Gasteiger partial charge in [0.2, 0.25) is 11.6 Å². The summed E-state index contributed by atoms with van der Waals surface area (Å²) in [5.74, 6) is -1.32. The van der Waals surface area contributed by atoms with Gasteiger partial charge < -0.3 is 14.9 Å². The zero-order valence-corrected chi connectivity index (χ0v) is 15.1. The van der Waals surface area contributed by atoms with Gasteiger partial charge in [0, 0.05) is 16.7 Å². The highest BCUT2D eigenvalue weighted by Gasteiger charge is 2.64. The number of aliphatic hydroxyl groups excluding tert-OH is 2. The average Bonchev–Trinajstić information content (AvgIpc) is 2.55. The summed E-state index contributed by atoms with van der Waals surface area (Å²) in [4.78, 5) is 25.8. The van der Waals surface area contributed by atoms with Crippen molar-refractivity contribution in [3.63, 3.8) is 0 Å². The van der Waals surface area contributed by atoms with E-state index in [4.69, 9.17) is 4.74 Å². The second kappa shape index (κ2) is 5.27.